The zero-order chi connectivity index (χ0) is 13.7. The molecule has 0 aliphatic carbocycles. The lowest BCUT2D eigenvalue weighted by Crippen LogP contribution is -1.95. The van der Waals surface area contributed by atoms with Crippen molar-refractivity contribution >= 4 is 12.6 Å². The average molecular weight is 254 g/mol. The zero-order valence-electron chi connectivity index (χ0n) is 10.4. The molecule has 2 aromatic rings. The summed E-state index contributed by atoms with van der Waals surface area (Å²) >= 11 is 0. The van der Waals surface area contributed by atoms with Gasteiger partial charge in [0.1, 0.15) is 18.3 Å². The lowest BCUT2D eigenvalue weighted by molar-refractivity contribution is 0.112. The highest BCUT2D eigenvalue weighted by atomic mass is 16.3. The van der Waals surface area contributed by atoms with E-state index in [-0.39, 0.29) is 5.75 Å². The molecule has 0 aliphatic rings. The molecular weight excluding hydrogens is 240 g/mol. The average Bonchev–Trinajstić information content (AvgIpc) is 2.46. The van der Waals surface area contributed by atoms with Crippen molar-refractivity contribution in [1.29, 1.82) is 0 Å². The molecule has 0 atom stereocenters. The summed E-state index contributed by atoms with van der Waals surface area (Å²) in [6.45, 7) is 0. The molecule has 1 N–H and O–H groups in total. The van der Waals surface area contributed by atoms with Crippen LogP contribution in [0.4, 0.5) is 0 Å². The number of aryl methyl sites for hydroxylation is 2. The van der Waals surface area contributed by atoms with E-state index in [2.05, 4.69) is 0 Å². The van der Waals surface area contributed by atoms with Crippen LogP contribution in [0, 0.1) is 0 Å². The van der Waals surface area contributed by atoms with Gasteiger partial charge in [-0.1, -0.05) is 12.1 Å². The normalized spacial score (nSPS) is 10.1. The molecule has 0 amide bonds. The summed E-state index contributed by atoms with van der Waals surface area (Å²) < 4.78 is 0. The number of aldehydes is 2. The van der Waals surface area contributed by atoms with Crippen molar-refractivity contribution in [2.75, 3.05) is 0 Å². The third kappa shape index (κ3) is 3.52. The van der Waals surface area contributed by atoms with Gasteiger partial charge in [0.25, 0.3) is 0 Å². The number of benzene rings is 2. The first-order valence-corrected chi connectivity index (χ1v) is 6.03. The standard InChI is InChI=1S/C16H14O3/c17-10-14-7-13(8-15(9-14)11-18)2-1-12-3-5-16(19)6-4-12/h3-11,19H,1-2H2. The van der Waals surface area contributed by atoms with Crippen molar-refractivity contribution in [1.82, 2.24) is 0 Å². The van der Waals surface area contributed by atoms with Crippen LogP contribution in [0.15, 0.2) is 42.5 Å². The van der Waals surface area contributed by atoms with E-state index in [1.54, 1.807) is 30.3 Å². The summed E-state index contributed by atoms with van der Waals surface area (Å²) in [5.41, 5.74) is 3.09. The molecule has 0 saturated heterocycles. The first-order chi connectivity index (χ1) is 9.21. The van der Waals surface area contributed by atoms with E-state index in [9.17, 15) is 14.7 Å². The molecule has 0 bridgehead atoms. The maximum atomic E-state index is 10.8. The Morgan fingerprint density at radius 2 is 1.32 bits per heavy atom. The number of carbonyl (C=O) groups excluding carboxylic acids is 2. The molecule has 19 heavy (non-hydrogen) atoms. The van der Waals surface area contributed by atoms with Gasteiger partial charge in [0.2, 0.25) is 0 Å². The van der Waals surface area contributed by atoms with Crippen molar-refractivity contribution in [2.45, 2.75) is 12.8 Å². The van der Waals surface area contributed by atoms with Crippen molar-refractivity contribution in [3.8, 4) is 5.75 Å². The van der Waals surface area contributed by atoms with Gasteiger partial charge in [0.05, 0.1) is 0 Å². The molecule has 0 aliphatic heterocycles. The summed E-state index contributed by atoms with van der Waals surface area (Å²) in [7, 11) is 0. The Kier molecular flexibility index (Phi) is 4.08. The SMILES string of the molecule is O=Cc1cc(C=O)cc(CCc2ccc(O)cc2)c1. The van der Waals surface area contributed by atoms with Crippen molar-refractivity contribution in [3.63, 3.8) is 0 Å². The monoisotopic (exact) mass is 254 g/mol. The number of hydrogen-bond acceptors (Lipinski definition) is 3. The smallest absolute Gasteiger partial charge is 0.150 e. The number of aromatic hydroxyl groups is 1. The van der Waals surface area contributed by atoms with Crippen LogP contribution in [0.5, 0.6) is 5.75 Å². The van der Waals surface area contributed by atoms with Gasteiger partial charge < -0.3 is 5.11 Å². The highest BCUT2D eigenvalue weighted by Crippen LogP contribution is 2.14. The van der Waals surface area contributed by atoms with Gasteiger partial charge in [-0.25, -0.2) is 0 Å². The minimum absolute atomic E-state index is 0.245. The van der Waals surface area contributed by atoms with Gasteiger partial charge in [-0.2, -0.15) is 0 Å². The third-order valence-corrected chi connectivity index (χ3v) is 2.95. The second-order valence-corrected chi connectivity index (χ2v) is 4.41. The number of phenolic OH excluding ortho intramolecular Hbond substituents is 1. The van der Waals surface area contributed by atoms with E-state index in [4.69, 9.17) is 0 Å². The fourth-order valence-corrected chi connectivity index (χ4v) is 1.98. The van der Waals surface area contributed by atoms with Crippen LogP contribution in [0.2, 0.25) is 0 Å². The van der Waals surface area contributed by atoms with Crippen LogP contribution >= 0.6 is 0 Å². The van der Waals surface area contributed by atoms with E-state index in [1.165, 1.54) is 0 Å². The van der Waals surface area contributed by atoms with E-state index >= 15 is 0 Å². The molecular formula is C16H14O3. The molecule has 0 saturated carbocycles. The topological polar surface area (TPSA) is 54.4 Å². The zero-order valence-corrected chi connectivity index (χ0v) is 10.4. The van der Waals surface area contributed by atoms with Gasteiger partial charge in [-0.3, -0.25) is 9.59 Å². The van der Waals surface area contributed by atoms with Gasteiger partial charge in [-0.05, 0) is 54.3 Å². The summed E-state index contributed by atoms with van der Waals surface area (Å²) in [5.74, 6) is 0.245. The maximum Gasteiger partial charge on any atom is 0.150 e. The number of carbonyl (C=O) groups is 2. The van der Waals surface area contributed by atoms with Crippen molar-refractivity contribution < 1.29 is 14.7 Å². The lowest BCUT2D eigenvalue weighted by Gasteiger charge is -2.04. The molecule has 3 heteroatoms. The molecule has 96 valence electrons. The molecule has 2 rings (SSSR count). The van der Waals surface area contributed by atoms with Crippen molar-refractivity contribution in [3.05, 3.63) is 64.7 Å². The number of hydrogen-bond donors (Lipinski definition) is 1. The molecule has 3 nitrogen and oxygen atoms in total. The summed E-state index contributed by atoms with van der Waals surface area (Å²) in [6.07, 6.45) is 3.03. The fraction of sp³-hybridized carbons (Fsp3) is 0.125. The minimum Gasteiger partial charge on any atom is -0.508 e. The predicted molar refractivity (Wildman–Crippen MR) is 72.7 cm³/mol. The maximum absolute atomic E-state index is 10.8. The van der Waals surface area contributed by atoms with Crippen LogP contribution < -0.4 is 0 Å². The molecule has 2 aromatic carbocycles. The molecule has 0 aromatic heterocycles. The Labute approximate surface area is 111 Å². The molecule has 0 unspecified atom stereocenters. The van der Waals surface area contributed by atoms with E-state index < -0.39 is 0 Å². The Morgan fingerprint density at radius 1 is 0.789 bits per heavy atom. The van der Waals surface area contributed by atoms with Crippen LogP contribution in [-0.4, -0.2) is 17.7 Å². The number of phenols is 1. The molecule has 0 spiro atoms. The molecule has 0 fully saturated rings. The third-order valence-electron chi connectivity index (χ3n) is 2.95. The molecule has 0 radical (unpaired) electrons. The van der Waals surface area contributed by atoms with Gasteiger partial charge in [0.15, 0.2) is 0 Å². The Bertz CT molecular complexity index is 559. The van der Waals surface area contributed by atoms with Crippen LogP contribution in [0.3, 0.4) is 0 Å². The molecule has 0 heterocycles. The minimum atomic E-state index is 0.245. The first-order valence-electron chi connectivity index (χ1n) is 6.03. The Balaban J connectivity index is 2.12. The Morgan fingerprint density at radius 3 is 1.84 bits per heavy atom. The van der Waals surface area contributed by atoms with Crippen LogP contribution in [0.1, 0.15) is 31.8 Å². The van der Waals surface area contributed by atoms with E-state index in [0.717, 1.165) is 36.5 Å². The second-order valence-electron chi connectivity index (χ2n) is 4.41. The van der Waals surface area contributed by atoms with E-state index in [0.29, 0.717) is 11.1 Å². The van der Waals surface area contributed by atoms with Gasteiger partial charge in [0, 0.05) is 11.1 Å². The van der Waals surface area contributed by atoms with Crippen LogP contribution in [-0.2, 0) is 12.8 Å². The van der Waals surface area contributed by atoms with Gasteiger partial charge in [-0.15, -0.1) is 0 Å². The predicted octanol–water partition coefficient (Wildman–Crippen LogP) is 2.80. The van der Waals surface area contributed by atoms with Gasteiger partial charge >= 0.3 is 0 Å². The highest BCUT2D eigenvalue weighted by Gasteiger charge is 2.01. The second kappa shape index (κ2) is 5.96. The summed E-state index contributed by atoms with van der Waals surface area (Å²) in [5, 5.41) is 9.20. The van der Waals surface area contributed by atoms with Crippen LogP contribution in [0.25, 0.3) is 0 Å². The quantitative estimate of drug-likeness (QED) is 0.835. The van der Waals surface area contributed by atoms with E-state index in [1.807, 2.05) is 12.1 Å². The largest absolute Gasteiger partial charge is 0.508 e. The summed E-state index contributed by atoms with van der Waals surface area (Å²) in [6, 6.07) is 12.2. The fourth-order valence-electron chi connectivity index (χ4n) is 1.98. The first kappa shape index (κ1) is 13.0. The van der Waals surface area contributed by atoms with Crippen molar-refractivity contribution in [2.24, 2.45) is 0 Å². The highest BCUT2D eigenvalue weighted by molar-refractivity contribution is 5.82. The number of rotatable bonds is 5. The Hall–Kier alpha value is -2.42. The summed E-state index contributed by atoms with van der Waals surface area (Å²) in [4.78, 5) is 21.6. The lowest BCUT2D eigenvalue weighted by atomic mass is 10.0.